The summed E-state index contributed by atoms with van der Waals surface area (Å²) in [7, 11) is 4.26. The van der Waals surface area contributed by atoms with Gasteiger partial charge in [0.25, 0.3) is 0 Å². The van der Waals surface area contributed by atoms with Crippen LogP contribution in [0, 0.1) is 0 Å². The third kappa shape index (κ3) is 4.47. The molecular weight excluding hydrogens is 268 g/mol. The Labute approximate surface area is 124 Å². The van der Waals surface area contributed by atoms with E-state index in [1.165, 1.54) is 16.0 Å². The smallest absolute Gasteiger partial charge is 0.225 e. The third-order valence-electron chi connectivity index (χ3n) is 3.05. The molecular formula is C16H21N2OS+. The highest BCUT2D eigenvalue weighted by molar-refractivity contribution is 7.10. The minimum absolute atomic E-state index is 0.0828. The Hall–Kier alpha value is -1.65. The van der Waals surface area contributed by atoms with Crippen LogP contribution in [0.25, 0.3) is 0 Å². The largest absolute Gasteiger partial charge is 0.352 e. The van der Waals surface area contributed by atoms with Gasteiger partial charge in [0, 0.05) is 17.0 Å². The maximum atomic E-state index is 11.9. The van der Waals surface area contributed by atoms with Gasteiger partial charge in [0.05, 0.1) is 20.5 Å². The maximum Gasteiger partial charge on any atom is 0.225 e. The van der Waals surface area contributed by atoms with E-state index in [2.05, 4.69) is 37.6 Å². The zero-order valence-electron chi connectivity index (χ0n) is 12.0. The lowest BCUT2D eigenvalue weighted by atomic mass is 10.1. The number of quaternary nitrogens is 1. The molecule has 0 radical (unpaired) electrons. The molecule has 0 bridgehead atoms. The molecule has 1 aromatic heterocycles. The standard InChI is InChI=1S/C16H20N2OS/c1-18(2)12-14-7-4-3-6-13(14)11-17-16(19)10-15-8-5-9-20-15/h3-9H,10-12H2,1-2H3,(H,17,19)/p+1. The first-order valence-electron chi connectivity index (χ1n) is 6.80. The molecule has 1 amide bonds. The first-order chi connectivity index (χ1) is 9.65. The molecule has 0 aliphatic heterocycles. The van der Waals surface area contributed by atoms with Gasteiger partial charge in [-0.15, -0.1) is 11.3 Å². The highest BCUT2D eigenvalue weighted by Crippen LogP contribution is 2.10. The van der Waals surface area contributed by atoms with Crippen molar-refractivity contribution in [1.82, 2.24) is 5.32 Å². The quantitative estimate of drug-likeness (QED) is 0.824. The van der Waals surface area contributed by atoms with E-state index in [-0.39, 0.29) is 5.91 Å². The Kier molecular flexibility index (Phi) is 5.32. The second-order valence-electron chi connectivity index (χ2n) is 5.19. The summed E-state index contributed by atoms with van der Waals surface area (Å²) in [5.41, 5.74) is 2.50. The summed E-state index contributed by atoms with van der Waals surface area (Å²) in [5, 5.41) is 5.01. The summed E-state index contributed by atoms with van der Waals surface area (Å²) < 4.78 is 0. The average Bonchev–Trinajstić information content (AvgIpc) is 2.90. The average molecular weight is 289 g/mol. The summed E-state index contributed by atoms with van der Waals surface area (Å²) >= 11 is 1.62. The van der Waals surface area contributed by atoms with Crippen LogP contribution >= 0.6 is 11.3 Å². The van der Waals surface area contributed by atoms with Gasteiger partial charge in [0.1, 0.15) is 6.54 Å². The van der Waals surface area contributed by atoms with E-state index in [9.17, 15) is 4.79 Å². The molecule has 1 aromatic carbocycles. The van der Waals surface area contributed by atoms with E-state index in [4.69, 9.17) is 0 Å². The third-order valence-corrected chi connectivity index (χ3v) is 3.93. The molecule has 1 heterocycles. The van der Waals surface area contributed by atoms with Crippen LogP contribution in [0.3, 0.4) is 0 Å². The van der Waals surface area contributed by atoms with Gasteiger partial charge in [0.2, 0.25) is 5.91 Å². The first-order valence-corrected chi connectivity index (χ1v) is 7.68. The van der Waals surface area contributed by atoms with Crippen LogP contribution in [0.1, 0.15) is 16.0 Å². The first kappa shape index (κ1) is 14.8. The van der Waals surface area contributed by atoms with Crippen LogP contribution in [0.2, 0.25) is 0 Å². The number of amides is 1. The van der Waals surface area contributed by atoms with Gasteiger partial charge in [-0.1, -0.05) is 30.3 Å². The van der Waals surface area contributed by atoms with Crippen molar-refractivity contribution >= 4 is 17.2 Å². The normalized spacial score (nSPS) is 10.8. The molecule has 106 valence electrons. The van der Waals surface area contributed by atoms with Crippen LogP contribution in [-0.2, 0) is 24.3 Å². The maximum absolute atomic E-state index is 11.9. The lowest BCUT2D eigenvalue weighted by molar-refractivity contribution is -0.872. The van der Waals surface area contributed by atoms with Gasteiger partial charge < -0.3 is 10.2 Å². The number of nitrogens with one attached hydrogen (secondary N) is 2. The van der Waals surface area contributed by atoms with Crippen LogP contribution in [0.4, 0.5) is 0 Å². The molecule has 3 nitrogen and oxygen atoms in total. The van der Waals surface area contributed by atoms with Crippen molar-refractivity contribution in [3.8, 4) is 0 Å². The number of carbonyl (C=O) groups is 1. The summed E-state index contributed by atoms with van der Waals surface area (Å²) in [4.78, 5) is 14.4. The SMILES string of the molecule is C[NH+](C)Cc1ccccc1CNC(=O)Cc1cccs1. The predicted molar refractivity (Wildman–Crippen MR) is 82.8 cm³/mol. The number of hydrogen-bond donors (Lipinski definition) is 2. The molecule has 0 unspecified atom stereocenters. The number of hydrogen-bond acceptors (Lipinski definition) is 2. The monoisotopic (exact) mass is 289 g/mol. The zero-order valence-corrected chi connectivity index (χ0v) is 12.8. The number of thiophene rings is 1. The Balaban J connectivity index is 1.91. The van der Waals surface area contributed by atoms with Crippen molar-refractivity contribution in [2.75, 3.05) is 14.1 Å². The van der Waals surface area contributed by atoms with Gasteiger partial charge in [-0.05, 0) is 17.0 Å². The van der Waals surface area contributed by atoms with Crippen molar-refractivity contribution < 1.29 is 9.69 Å². The summed E-state index contributed by atoms with van der Waals surface area (Å²) in [6.07, 6.45) is 0.471. The molecule has 0 fully saturated rings. The number of rotatable bonds is 6. The lowest BCUT2D eigenvalue weighted by Crippen LogP contribution is -3.04. The van der Waals surface area contributed by atoms with Crippen molar-refractivity contribution in [2.24, 2.45) is 0 Å². The molecule has 2 aromatic rings. The molecule has 2 N–H and O–H groups in total. The summed E-state index contributed by atoms with van der Waals surface area (Å²) in [6, 6.07) is 12.3. The zero-order chi connectivity index (χ0) is 14.4. The summed E-state index contributed by atoms with van der Waals surface area (Å²) in [6.45, 7) is 1.57. The Bertz CT molecular complexity index is 549. The number of benzene rings is 1. The van der Waals surface area contributed by atoms with Crippen molar-refractivity contribution in [3.05, 3.63) is 57.8 Å². The van der Waals surface area contributed by atoms with Crippen LogP contribution in [-0.4, -0.2) is 20.0 Å². The molecule has 2 rings (SSSR count). The molecule has 0 saturated heterocycles. The van der Waals surface area contributed by atoms with Crippen molar-refractivity contribution in [2.45, 2.75) is 19.5 Å². The molecule has 4 heteroatoms. The van der Waals surface area contributed by atoms with E-state index in [0.29, 0.717) is 13.0 Å². The minimum atomic E-state index is 0.0828. The second kappa shape index (κ2) is 7.22. The Morgan fingerprint density at radius 3 is 2.55 bits per heavy atom. The summed E-state index contributed by atoms with van der Waals surface area (Å²) in [5.74, 6) is 0.0828. The molecule has 0 aliphatic carbocycles. The van der Waals surface area contributed by atoms with E-state index in [0.717, 1.165) is 11.4 Å². The molecule has 0 saturated carbocycles. The Morgan fingerprint density at radius 1 is 1.15 bits per heavy atom. The lowest BCUT2D eigenvalue weighted by Gasteiger charge is -2.12. The van der Waals surface area contributed by atoms with Crippen LogP contribution in [0.5, 0.6) is 0 Å². The fraction of sp³-hybridized carbons (Fsp3) is 0.312. The predicted octanol–water partition coefficient (Wildman–Crippen LogP) is 1.25. The fourth-order valence-corrected chi connectivity index (χ4v) is 2.81. The fourth-order valence-electron chi connectivity index (χ4n) is 2.11. The number of carbonyl (C=O) groups excluding carboxylic acids is 1. The van der Waals surface area contributed by atoms with Gasteiger partial charge in [-0.3, -0.25) is 4.79 Å². The van der Waals surface area contributed by atoms with Crippen molar-refractivity contribution in [3.63, 3.8) is 0 Å². The Morgan fingerprint density at radius 2 is 1.90 bits per heavy atom. The highest BCUT2D eigenvalue weighted by atomic mass is 32.1. The second-order valence-corrected chi connectivity index (χ2v) is 6.22. The topological polar surface area (TPSA) is 33.5 Å². The van der Waals surface area contributed by atoms with E-state index < -0.39 is 0 Å². The molecule has 0 aliphatic rings. The molecule has 0 atom stereocenters. The van der Waals surface area contributed by atoms with E-state index >= 15 is 0 Å². The molecule has 20 heavy (non-hydrogen) atoms. The van der Waals surface area contributed by atoms with Crippen LogP contribution < -0.4 is 10.2 Å². The van der Waals surface area contributed by atoms with Gasteiger partial charge in [-0.25, -0.2) is 0 Å². The van der Waals surface area contributed by atoms with Crippen molar-refractivity contribution in [1.29, 1.82) is 0 Å². The minimum Gasteiger partial charge on any atom is -0.352 e. The van der Waals surface area contributed by atoms with Gasteiger partial charge >= 0.3 is 0 Å². The van der Waals surface area contributed by atoms with Gasteiger partial charge in [0.15, 0.2) is 0 Å². The van der Waals surface area contributed by atoms with Crippen LogP contribution in [0.15, 0.2) is 41.8 Å². The highest BCUT2D eigenvalue weighted by Gasteiger charge is 2.08. The van der Waals surface area contributed by atoms with Gasteiger partial charge in [-0.2, -0.15) is 0 Å². The van der Waals surface area contributed by atoms with E-state index in [1.807, 2.05) is 23.6 Å². The molecule has 0 spiro atoms. The van der Waals surface area contributed by atoms with E-state index in [1.54, 1.807) is 11.3 Å².